The van der Waals surface area contributed by atoms with E-state index in [1.165, 1.54) is 0 Å². The summed E-state index contributed by atoms with van der Waals surface area (Å²) in [6, 6.07) is 3.68. The van der Waals surface area contributed by atoms with Gasteiger partial charge in [-0.05, 0) is 25.0 Å². The van der Waals surface area contributed by atoms with Crippen molar-refractivity contribution in [1.82, 2.24) is 4.98 Å². The summed E-state index contributed by atoms with van der Waals surface area (Å²) in [5.74, 6) is -0.184. The highest BCUT2D eigenvalue weighted by Gasteiger charge is 2.24. The predicted octanol–water partition coefficient (Wildman–Crippen LogP) is 2.69. The van der Waals surface area contributed by atoms with Gasteiger partial charge in [-0.15, -0.1) is 0 Å². The molecule has 1 aliphatic rings. The molecule has 0 spiro atoms. The topological polar surface area (TPSA) is 62.7 Å². The Morgan fingerprint density at radius 3 is 2.48 bits per heavy atom. The Hall–Kier alpha value is -1.62. The zero-order valence-electron chi connectivity index (χ0n) is 13.2. The minimum absolute atomic E-state index is 0.184. The Kier molecular flexibility index (Phi) is 4.52. The van der Waals surface area contributed by atoms with E-state index in [0.717, 1.165) is 37.6 Å². The molecule has 1 aliphatic heterocycles. The number of hydrogen-bond acceptors (Lipinski definition) is 4. The molecule has 5 heteroatoms. The van der Waals surface area contributed by atoms with Crippen LogP contribution < -0.4 is 4.90 Å². The lowest BCUT2D eigenvalue weighted by Gasteiger charge is -2.33. The number of carboxylic acid groups (broad SMARTS) is 1. The number of hydrogen-bond donors (Lipinski definition) is 1. The maximum atomic E-state index is 11.4. The van der Waals surface area contributed by atoms with Gasteiger partial charge in [-0.3, -0.25) is 0 Å². The van der Waals surface area contributed by atoms with Crippen LogP contribution in [0.1, 0.15) is 49.7 Å². The summed E-state index contributed by atoms with van der Waals surface area (Å²) in [6.07, 6.45) is 1.89. The van der Waals surface area contributed by atoms with Crippen molar-refractivity contribution in [2.45, 2.75) is 45.1 Å². The van der Waals surface area contributed by atoms with E-state index in [4.69, 9.17) is 4.74 Å². The Balaban J connectivity index is 2.37. The lowest BCUT2D eigenvalue weighted by molar-refractivity contribution is 0.0696. The van der Waals surface area contributed by atoms with Gasteiger partial charge in [-0.2, -0.15) is 0 Å². The van der Waals surface area contributed by atoms with E-state index in [9.17, 15) is 9.90 Å². The molecule has 0 aromatic carbocycles. The third-order valence-corrected chi connectivity index (χ3v) is 3.93. The first-order valence-corrected chi connectivity index (χ1v) is 7.35. The number of nitrogens with zero attached hydrogens (tertiary/aromatic N) is 2. The largest absolute Gasteiger partial charge is 0.478 e. The fraction of sp³-hybridized carbons (Fsp3) is 0.625. The van der Waals surface area contributed by atoms with Crippen molar-refractivity contribution in [2.75, 3.05) is 25.2 Å². The molecule has 0 radical (unpaired) electrons. The number of anilines is 1. The standard InChI is InChI=1S/C16H24N2O3/c1-16(2,3)13-9-11(15(19)20)10-14(17-13)18(4)12-5-7-21-8-6-12/h9-10,12H,5-8H2,1-4H3,(H,19,20). The Morgan fingerprint density at radius 2 is 1.95 bits per heavy atom. The molecular weight excluding hydrogens is 268 g/mol. The van der Waals surface area contributed by atoms with Crippen molar-refractivity contribution in [1.29, 1.82) is 0 Å². The van der Waals surface area contributed by atoms with Crippen molar-refractivity contribution in [2.24, 2.45) is 0 Å². The Labute approximate surface area is 125 Å². The fourth-order valence-corrected chi connectivity index (χ4v) is 2.46. The summed E-state index contributed by atoms with van der Waals surface area (Å²) in [5.41, 5.74) is 0.914. The number of carboxylic acids is 1. The highest BCUT2D eigenvalue weighted by molar-refractivity contribution is 5.88. The molecule has 1 N–H and O–H groups in total. The van der Waals surface area contributed by atoms with E-state index < -0.39 is 5.97 Å². The van der Waals surface area contributed by atoms with Gasteiger partial charge in [0.15, 0.2) is 0 Å². The van der Waals surface area contributed by atoms with Crippen molar-refractivity contribution >= 4 is 11.8 Å². The molecule has 0 saturated carbocycles. The number of ether oxygens (including phenoxy) is 1. The summed E-state index contributed by atoms with van der Waals surface area (Å²) in [6.45, 7) is 7.62. The molecule has 1 fully saturated rings. The number of aromatic nitrogens is 1. The van der Waals surface area contributed by atoms with Crippen LogP contribution in [0.3, 0.4) is 0 Å². The molecule has 2 rings (SSSR count). The third kappa shape index (κ3) is 3.73. The van der Waals surface area contributed by atoms with Gasteiger partial charge in [0, 0.05) is 37.4 Å². The number of carbonyl (C=O) groups is 1. The van der Waals surface area contributed by atoms with Gasteiger partial charge in [-0.1, -0.05) is 20.8 Å². The van der Waals surface area contributed by atoms with Gasteiger partial charge >= 0.3 is 5.97 Å². The SMILES string of the molecule is CN(c1cc(C(=O)O)cc(C(C)(C)C)n1)C1CCOCC1. The first-order valence-electron chi connectivity index (χ1n) is 7.35. The van der Waals surface area contributed by atoms with Gasteiger partial charge in [0.2, 0.25) is 0 Å². The second kappa shape index (κ2) is 6.02. The van der Waals surface area contributed by atoms with E-state index in [1.54, 1.807) is 12.1 Å². The molecule has 0 atom stereocenters. The zero-order chi connectivity index (χ0) is 15.6. The molecule has 0 unspecified atom stereocenters. The molecule has 2 heterocycles. The van der Waals surface area contributed by atoms with Crippen LogP contribution in [0.15, 0.2) is 12.1 Å². The smallest absolute Gasteiger partial charge is 0.335 e. The van der Waals surface area contributed by atoms with Gasteiger partial charge in [0.05, 0.1) is 5.56 Å². The number of pyridine rings is 1. The van der Waals surface area contributed by atoms with Crippen molar-refractivity contribution in [3.8, 4) is 0 Å². The molecule has 1 saturated heterocycles. The lowest BCUT2D eigenvalue weighted by atomic mass is 9.90. The van der Waals surface area contributed by atoms with Crippen LogP contribution in [0, 0.1) is 0 Å². The van der Waals surface area contributed by atoms with Crippen LogP contribution in [0.25, 0.3) is 0 Å². The monoisotopic (exact) mass is 292 g/mol. The number of rotatable bonds is 3. The Morgan fingerprint density at radius 1 is 1.33 bits per heavy atom. The Bertz CT molecular complexity index is 517. The zero-order valence-corrected chi connectivity index (χ0v) is 13.2. The van der Waals surface area contributed by atoms with Crippen molar-refractivity contribution < 1.29 is 14.6 Å². The summed E-state index contributed by atoms with van der Waals surface area (Å²) in [4.78, 5) is 18.1. The molecule has 0 bridgehead atoms. The quantitative estimate of drug-likeness (QED) is 0.928. The third-order valence-electron chi connectivity index (χ3n) is 3.93. The van der Waals surface area contributed by atoms with Crippen molar-refractivity contribution in [3.63, 3.8) is 0 Å². The lowest BCUT2D eigenvalue weighted by Crippen LogP contribution is -2.37. The van der Waals surface area contributed by atoms with Gasteiger partial charge < -0.3 is 14.7 Å². The normalized spacial score (nSPS) is 16.8. The molecule has 0 aliphatic carbocycles. The van der Waals surface area contributed by atoms with Crippen LogP contribution in [0.5, 0.6) is 0 Å². The van der Waals surface area contributed by atoms with Gasteiger partial charge in [0.1, 0.15) is 5.82 Å². The number of aromatic carboxylic acids is 1. The predicted molar refractivity (Wildman–Crippen MR) is 82.1 cm³/mol. The van der Waals surface area contributed by atoms with Gasteiger partial charge in [-0.25, -0.2) is 9.78 Å². The molecule has 21 heavy (non-hydrogen) atoms. The summed E-state index contributed by atoms with van der Waals surface area (Å²) >= 11 is 0. The minimum Gasteiger partial charge on any atom is -0.478 e. The maximum absolute atomic E-state index is 11.4. The summed E-state index contributed by atoms with van der Waals surface area (Å²) in [7, 11) is 1.98. The van der Waals surface area contributed by atoms with Crippen LogP contribution in [0.2, 0.25) is 0 Å². The molecule has 116 valence electrons. The molecule has 1 aromatic heterocycles. The molecular formula is C16H24N2O3. The fourth-order valence-electron chi connectivity index (χ4n) is 2.46. The van der Waals surface area contributed by atoms with E-state index in [1.807, 2.05) is 27.8 Å². The van der Waals surface area contributed by atoms with Gasteiger partial charge in [0.25, 0.3) is 0 Å². The summed E-state index contributed by atoms with van der Waals surface area (Å²) < 4.78 is 5.38. The average Bonchev–Trinajstić information content (AvgIpc) is 2.46. The first kappa shape index (κ1) is 15.8. The molecule has 0 amide bonds. The van der Waals surface area contributed by atoms with Crippen LogP contribution in [0.4, 0.5) is 5.82 Å². The van der Waals surface area contributed by atoms with E-state index in [0.29, 0.717) is 11.6 Å². The maximum Gasteiger partial charge on any atom is 0.335 e. The summed E-state index contributed by atoms with van der Waals surface area (Å²) in [5, 5.41) is 9.33. The highest BCUT2D eigenvalue weighted by atomic mass is 16.5. The van der Waals surface area contributed by atoms with Crippen LogP contribution in [-0.4, -0.2) is 42.4 Å². The van der Waals surface area contributed by atoms with E-state index in [2.05, 4.69) is 9.88 Å². The van der Waals surface area contributed by atoms with Crippen LogP contribution in [-0.2, 0) is 10.2 Å². The molecule has 1 aromatic rings. The molecule has 5 nitrogen and oxygen atoms in total. The van der Waals surface area contributed by atoms with Crippen molar-refractivity contribution in [3.05, 3.63) is 23.4 Å². The highest BCUT2D eigenvalue weighted by Crippen LogP contribution is 2.26. The minimum atomic E-state index is -0.912. The van der Waals surface area contributed by atoms with E-state index >= 15 is 0 Å². The second-order valence-electron chi connectivity index (χ2n) is 6.61. The second-order valence-corrected chi connectivity index (χ2v) is 6.61. The first-order chi connectivity index (χ1) is 9.79. The van der Waals surface area contributed by atoms with E-state index in [-0.39, 0.29) is 5.41 Å². The average molecular weight is 292 g/mol. The van der Waals surface area contributed by atoms with Crippen LogP contribution >= 0.6 is 0 Å².